The molecular formula is C26H26N4O. The Balaban J connectivity index is 1.30. The second kappa shape index (κ2) is 8.82. The summed E-state index contributed by atoms with van der Waals surface area (Å²) in [5.41, 5.74) is 4.90. The molecule has 1 N–H and O–H groups in total. The molecular weight excluding hydrogens is 384 g/mol. The van der Waals surface area contributed by atoms with Gasteiger partial charge in [0.1, 0.15) is 5.69 Å². The highest BCUT2D eigenvalue weighted by molar-refractivity contribution is 6.02. The lowest BCUT2D eigenvalue weighted by atomic mass is 9.90. The molecule has 1 fully saturated rings. The number of benzene rings is 2. The Kier molecular flexibility index (Phi) is 5.59. The van der Waals surface area contributed by atoms with E-state index in [-0.39, 0.29) is 5.78 Å². The largest absolute Gasteiger partial charge is 0.299 e. The zero-order valence-electron chi connectivity index (χ0n) is 17.5. The summed E-state index contributed by atoms with van der Waals surface area (Å²) >= 11 is 0. The maximum absolute atomic E-state index is 13.1. The lowest BCUT2D eigenvalue weighted by Gasteiger charge is -2.32. The fraction of sp³-hybridized carbons (Fsp3) is 0.269. The van der Waals surface area contributed by atoms with Crippen LogP contribution in [0.15, 0.2) is 73.1 Å². The standard InChI is InChI=1S/C26H26N4O/c31-25(15-20-7-4-14-30(18-20)17-19-5-2-1-3-6-19)22-8-9-24-23(16-22)26(29-28-24)21-10-12-27-13-11-21/h1-3,5-6,8-13,16,20H,4,7,14-15,17-18H2,(H,28,29)/t20-/m0/s1. The van der Waals surface area contributed by atoms with Gasteiger partial charge in [0.25, 0.3) is 0 Å². The highest BCUT2D eigenvalue weighted by Gasteiger charge is 2.23. The van der Waals surface area contributed by atoms with Crippen LogP contribution in [0.2, 0.25) is 0 Å². The van der Waals surface area contributed by atoms with Crippen molar-refractivity contribution in [3.8, 4) is 11.3 Å². The quantitative estimate of drug-likeness (QED) is 0.449. The van der Waals surface area contributed by atoms with Gasteiger partial charge in [0, 0.05) is 48.4 Å². The number of ketones is 1. The molecule has 1 aliphatic heterocycles. The van der Waals surface area contributed by atoms with Crippen molar-refractivity contribution in [3.05, 3.63) is 84.2 Å². The predicted molar refractivity (Wildman–Crippen MR) is 123 cm³/mol. The Labute approximate surface area is 182 Å². The van der Waals surface area contributed by atoms with Gasteiger partial charge >= 0.3 is 0 Å². The first kappa shape index (κ1) is 19.6. The van der Waals surface area contributed by atoms with Crippen molar-refractivity contribution < 1.29 is 4.79 Å². The second-order valence-electron chi connectivity index (χ2n) is 8.42. The molecule has 0 aliphatic carbocycles. The third-order valence-corrected chi connectivity index (χ3v) is 6.16. The Bertz CT molecular complexity index is 1170. The number of hydrogen-bond donors (Lipinski definition) is 1. The van der Waals surface area contributed by atoms with Crippen LogP contribution in [-0.4, -0.2) is 39.0 Å². The minimum absolute atomic E-state index is 0.218. The van der Waals surface area contributed by atoms with E-state index >= 15 is 0 Å². The van der Waals surface area contributed by atoms with E-state index in [0.29, 0.717) is 12.3 Å². The monoisotopic (exact) mass is 410 g/mol. The Hall–Kier alpha value is -3.31. The van der Waals surface area contributed by atoms with Crippen LogP contribution in [0.4, 0.5) is 0 Å². The molecule has 156 valence electrons. The summed E-state index contributed by atoms with van der Waals surface area (Å²) in [7, 11) is 0. The summed E-state index contributed by atoms with van der Waals surface area (Å²) in [6, 6.07) is 20.3. The minimum Gasteiger partial charge on any atom is -0.299 e. The molecule has 0 bridgehead atoms. The van der Waals surface area contributed by atoms with Crippen LogP contribution in [0.1, 0.15) is 35.2 Å². The third kappa shape index (κ3) is 4.42. The summed E-state index contributed by atoms with van der Waals surface area (Å²) in [4.78, 5) is 19.7. The van der Waals surface area contributed by atoms with Crippen LogP contribution in [0.3, 0.4) is 0 Å². The maximum atomic E-state index is 13.1. The van der Waals surface area contributed by atoms with Gasteiger partial charge in [-0.3, -0.25) is 19.8 Å². The zero-order valence-corrected chi connectivity index (χ0v) is 17.5. The number of rotatable bonds is 6. The first-order valence-electron chi connectivity index (χ1n) is 10.9. The number of piperidine rings is 1. The number of carbonyl (C=O) groups is 1. The minimum atomic E-state index is 0.218. The molecule has 1 atom stereocenters. The highest BCUT2D eigenvalue weighted by atomic mass is 16.1. The first-order chi connectivity index (χ1) is 15.3. The van der Waals surface area contributed by atoms with Crippen molar-refractivity contribution in [3.63, 3.8) is 0 Å². The smallest absolute Gasteiger partial charge is 0.163 e. The SMILES string of the molecule is O=C(C[C@@H]1CCCN(Cc2ccccc2)C1)c1ccc2[nH]nc(-c3ccncc3)c2c1. The van der Waals surface area contributed by atoms with Crippen LogP contribution < -0.4 is 0 Å². The van der Waals surface area contributed by atoms with Crippen molar-refractivity contribution in [2.24, 2.45) is 5.92 Å². The molecule has 0 saturated carbocycles. The van der Waals surface area contributed by atoms with E-state index in [1.165, 1.54) is 5.56 Å². The summed E-state index contributed by atoms with van der Waals surface area (Å²) < 4.78 is 0. The molecule has 0 amide bonds. The molecule has 1 aliphatic rings. The first-order valence-corrected chi connectivity index (χ1v) is 10.9. The van der Waals surface area contributed by atoms with Crippen molar-refractivity contribution in [2.75, 3.05) is 13.1 Å². The van der Waals surface area contributed by atoms with Gasteiger partial charge < -0.3 is 0 Å². The van der Waals surface area contributed by atoms with Gasteiger partial charge in [-0.15, -0.1) is 0 Å². The number of Topliss-reactive ketones (excluding diaryl/α,β-unsaturated/α-hetero) is 1. The third-order valence-electron chi connectivity index (χ3n) is 6.16. The normalized spacial score (nSPS) is 17.1. The summed E-state index contributed by atoms with van der Waals surface area (Å²) in [5, 5.41) is 8.51. The number of carbonyl (C=O) groups excluding carboxylic acids is 1. The van der Waals surface area contributed by atoms with Gasteiger partial charge in [0.15, 0.2) is 5.78 Å². The fourth-order valence-electron chi connectivity index (χ4n) is 4.60. The van der Waals surface area contributed by atoms with Crippen molar-refractivity contribution in [2.45, 2.75) is 25.8 Å². The highest BCUT2D eigenvalue weighted by Crippen LogP contribution is 2.28. The van der Waals surface area contributed by atoms with Crippen LogP contribution in [-0.2, 0) is 6.54 Å². The van der Waals surface area contributed by atoms with Gasteiger partial charge in [0.05, 0.1) is 5.52 Å². The summed E-state index contributed by atoms with van der Waals surface area (Å²) in [6.07, 6.45) is 6.38. The molecule has 5 nitrogen and oxygen atoms in total. The Morgan fingerprint density at radius 3 is 2.74 bits per heavy atom. The Morgan fingerprint density at radius 1 is 1.06 bits per heavy atom. The number of fused-ring (bicyclic) bond motifs is 1. The molecule has 0 radical (unpaired) electrons. The van der Waals surface area contributed by atoms with Gasteiger partial charge in [-0.1, -0.05) is 30.3 Å². The average molecular weight is 411 g/mol. The number of nitrogens with zero attached hydrogens (tertiary/aromatic N) is 3. The number of likely N-dealkylation sites (tertiary alicyclic amines) is 1. The van der Waals surface area contributed by atoms with E-state index in [1.807, 2.05) is 30.3 Å². The van der Waals surface area contributed by atoms with E-state index in [4.69, 9.17) is 0 Å². The second-order valence-corrected chi connectivity index (χ2v) is 8.42. The fourth-order valence-corrected chi connectivity index (χ4v) is 4.60. The summed E-state index contributed by atoms with van der Waals surface area (Å²) in [6.45, 7) is 3.05. The van der Waals surface area contributed by atoms with Gasteiger partial charge in [-0.2, -0.15) is 5.10 Å². The van der Waals surface area contributed by atoms with Crippen LogP contribution >= 0.6 is 0 Å². The van der Waals surface area contributed by atoms with E-state index in [2.05, 4.69) is 50.4 Å². The lowest BCUT2D eigenvalue weighted by molar-refractivity contribution is 0.0913. The lowest BCUT2D eigenvalue weighted by Crippen LogP contribution is -2.35. The zero-order chi connectivity index (χ0) is 21.0. The van der Waals surface area contributed by atoms with Crippen molar-refractivity contribution >= 4 is 16.7 Å². The summed E-state index contributed by atoms with van der Waals surface area (Å²) in [5.74, 6) is 0.625. The molecule has 2 aromatic carbocycles. The molecule has 0 spiro atoms. The number of H-pyrrole nitrogens is 1. The molecule has 31 heavy (non-hydrogen) atoms. The number of aromatic nitrogens is 3. The van der Waals surface area contributed by atoms with Crippen LogP contribution in [0.25, 0.3) is 22.2 Å². The molecule has 3 heterocycles. The van der Waals surface area contributed by atoms with Crippen LogP contribution in [0, 0.1) is 5.92 Å². The van der Waals surface area contributed by atoms with Gasteiger partial charge in [-0.25, -0.2) is 0 Å². The van der Waals surface area contributed by atoms with Gasteiger partial charge in [-0.05, 0) is 61.2 Å². The van der Waals surface area contributed by atoms with E-state index < -0.39 is 0 Å². The molecule has 2 aromatic heterocycles. The topological polar surface area (TPSA) is 61.9 Å². The van der Waals surface area contributed by atoms with Crippen LogP contribution in [0.5, 0.6) is 0 Å². The number of hydrogen-bond acceptors (Lipinski definition) is 4. The Morgan fingerprint density at radius 2 is 1.90 bits per heavy atom. The van der Waals surface area contributed by atoms with Gasteiger partial charge in [0.2, 0.25) is 0 Å². The molecule has 5 heteroatoms. The average Bonchev–Trinajstić information content (AvgIpc) is 3.24. The van der Waals surface area contributed by atoms with E-state index in [0.717, 1.165) is 60.2 Å². The molecule has 0 unspecified atom stereocenters. The predicted octanol–water partition coefficient (Wildman–Crippen LogP) is 5.11. The van der Waals surface area contributed by atoms with E-state index in [1.54, 1.807) is 12.4 Å². The molecule has 5 rings (SSSR count). The molecule has 4 aromatic rings. The maximum Gasteiger partial charge on any atom is 0.163 e. The number of nitrogens with one attached hydrogen (secondary N) is 1. The van der Waals surface area contributed by atoms with Crippen molar-refractivity contribution in [1.82, 2.24) is 20.1 Å². The van der Waals surface area contributed by atoms with E-state index in [9.17, 15) is 4.79 Å². The number of aromatic amines is 1. The number of pyridine rings is 1. The van der Waals surface area contributed by atoms with Crippen molar-refractivity contribution in [1.29, 1.82) is 0 Å². The molecule has 1 saturated heterocycles.